The lowest BCUT2D eigenvalue weighted by Gasteiger charge is -2.23. The highest BCUT2D eigenvalue weighted by Crippen LogP contribution is 2.13. The van der Waals surface area contributed by atoms with E-state index in [1.54, 1.807) is 13.8 Å². The standard InChI is InChI=1S/C10H16N2O5S/c1-4-10(3,9(13)14)12-18(15,16)6-8-5-7(2)17-11-8/h5,12H,4,6H2,1-3H3,(H,13,14). The number of hydrogen-bond acceptors (Lipinski definition) is 5. The molecule has 0 radical (unpaired) electrons. The summed E-state index contributed by atoms with van der Waals surface area (Å²) in [5.74, 6) is -1.13. The molecule has 1 aromatic heterocycles. The molecule has 0 amide bonds. The second-order valence-corrected chi connectivity index (χ2v) is 6.00. The topological polar surface area (TPSA) is 110 Å². The molecule has 0 aliphatic carbocycles. The Morgan fingerprint density at radius 1 is 1.61 bits per heavy atom. The zero-order chi connectivity index (χ0) is 14.0. The number of carbonyl (C=O) groups is 1. The molecule has 1 unspecified atom stereocenters. The quantitative estimate of drug-likeness (QED) is 0.789. The number of nitrogens with zero attached hydrogens (tertiary/aromatic N) is 1. The number of sulfonamides is 1. The molecule has 1 rings (SSSR count). The summed E-state index contributed by atoms with van der Waals surface area (Å²) in [7, 11) is -3.79. The van der Waals surface area contributed by atoms with E-state index in [0.29, 0.717) is 5.76 Å². The van der Waals surface area contributed by atoms with Crippen LogP contribution in [0.3, 0.4) is 0 Å². The second-order valence-electron chi connectivity index (χ2n) is 4.28. The van der Waals surface area contributed by atoms with Crippen LogP contribution in [0, 0.1) is 6.92 Å². The van der Waals surface area contributed by atoms with Crippen molar-refractivity contribution in [3.63, 3.8) is 0 Å². The highest BCUT2D eigenvalue weighted by atomic mass is 32.2. The van der Waals surface area contributed by atoms with Crippen LogP contribution in [0.4, 0.5) is 0 Å². The van der Waals surface area contributed by atoms with Gasteiger partial charge >= 0.3 is 5.97 Å². The first-order valence-corrected chi connectivity index (χ1v) is 7.01. The van der Waals surface area contributed by atoms with E-state index in [0.717, 1.165) is 0 Å². The molecule has 8 heteroatoms. The van der Waals surface area contributed by atoms with E-state index in [1.165, 1.54) is 13.0 Å². The van der Waals surface area contributed by atoms with Crippen molar-refractivity contribution in [3.8, 4) is 0 Å². The van der Waals surface area contributed by atoms with Crippen molar-refractivity contribution in [2.24, 2.45) is 0 Å². The molecule has 1 aromatic rings. The maximum atomic E-state index is 11.8. The Balaban J connectivity index is 2.85. The third-order valence-corrected chi connectivity index (χ3v) is 4.01. The molecule has 0 fully saturated rings. The van der Waals surface area contributed by atoms with Gasteiger partial charge in [0.05, 0.1) is 0 Å². The zero-order valence-electron chi connectivity index (χ0n) is 10.4. The van der Waals surface area contributed by atoms with Crippen molar-refractivity contribution < 1.29 is 22.8 Å². The Kier molecular flexibility index (Phi) is 4.12. The predicted molar refractivity (Wildman–Crippen MR) is 63.3 cm³/mol. The molecule has 102 valence electrons. The summed E-state index contributed by atoms with van der Waals surface area (Å²) < 4.78 is 30.6. The largest absolute Gasteiger partial charge is 0.480 e. The summed E-state index contributed by atoms with van der Waals surface area (Å²) in [6.45, 7) is 4.56. The number of rotatable bonds is 6. The summed E-state index contributed by atoms with van der Waals surface area (Å²) in [6.07, 6.45) is 0.138. The van der Waals surface area contributed by atoms with Crippen molar-refractivity contribution in [2.45, 2.75) is 38.5 Å². The Morgan fingerprint density at radius 3 is 2.61 bits per heavy atom. The van der Waals surface area contributed by atoms with Gasteiger partial charge < -0.3 is 9.63 Å². The fraction of sp³-hybridized carbons (Fsp3) is 0.600. The summed E-state index contributed by atoms with van der Waals surface area (Å²) in [4.78, 5) is 11.0. The fourth-order valence-corrected chi connectivity index (χ4v) is 2.84. The minimum Gasteiger partial charge on any atom is -0.480 e. The SMILES string of the molecule is CCC(C)(NS(=O)(=O)Cc1cc(C)on1)C(=O)O. The molecule has 0 saturated heterocycles. The lowest BCUT2D eigenvalue weighted by atomic mass is 10.0. The number of aryl methyl sites for hydroxylation is 1. The van der Waals surface area contributed by atoms with Crippen LogP contribution < -0.4 is 4.72 Å². The summed E-state index contributed by atoms with van der Waals surface area (Å²) >= 11 is 0. The van der Waals surface area contributed by atoms with Crippen molar-refractivity contribution in [1.29, 1.82) is 0 Å². The molecule has 0 aliphatic heterocycles. The van der Waals surface area contributed by atoms with Gasteiger partial charge in [0.1, 0.15) is 22.7 Å². The van der Waals surface area contributed by atoms with E-state index in [1.807, 2.05) is 0 Å². The highest BCUT2D eigenvalue weighted by Gasteiger charge is 2.35. The summed E-state index contributed by atoms with van der Waals surface area (Å²) in [5, 5.41) is 12.6. The molecular weight excluding hydrogens is 260 g/mol. The minimum atomic E-state index is -3.79. The fourth-order valence-electron chi connectivity index (χ4n) is 1.33. The lowest BCUT2D eigenvalue weighted by Crippen LogP contribution is -2.51. The number of carboxylic acids is 1. The van der Waals surface area contributed by atoms with Gasteiger partial charge in [-0.05, 0) is 20.3 Å². The molecule has 1 atom stereocenters. The number of nitrogens with one attached hydrogen (secondary N) is 1. The first-order valence-electron chi connectivity index (χ1n) is 5.36. The summed E-state index contributed by atoms with van der Waals surface area (Å²) in [5.41, 5.74) is -1.28. The maximum Gasteiger partial charge on any atom is 0.324 e. The average molecular weight is 276 g/mol. The second kappa shape index (κ2) is 5.07. The maximum absolute atomic E-state index is 11.8. The smallest absolute Gasteiger partial charge is 0.324 e. The van der Waals surface area contributed by atoms with Crippen molar-refractivity contribution in [2.75, 3.05) is 0 Å². The molecular formula is C10H16N2O5S. The molecule has 0 aliphatic rings. The van der Waals surface area contributed by atoms with Gasteiger partial charge in [0.15, 0.2) is 0 Å². The average Bonchev–Trinajstić information content (AvgIpc) is 2.61. The number of aliphatic carboxylic acids is 1. The number of hydrogen-bond donors (Lipinski definition) is 2. The van der Waals surface area contributed by atoms with E-state index >= 15 is 0 Å². The van der Waals surface area contributed by atoms with Crippen LogP contribution in [-0.2, 0) is 20.6 Å². The van der Waals surface area contributed by atoms with E-state index in [2.05, 4.69) is 9.88 Å². The van der Waals surface area contributed by atoms with Gasteiger partial charge in [0.25, 0.3) is 0 Å². The van der Waals surface area contributed by atoms with Crippen LogP contribution in [0.2, 0.25) is 0 Å². The third-order valence-electron chi connectivity index (χ3n) is 2.57. The zero-order valence-corrected chi connectivity index (χ0v) is 11.2. The van der Waals surface area contributed by atoms with Gasteiger partial charge in [-0.3, -0.25) is 4.79 Å². The van der Waals surface area contributed by atoms with E-state index in [9.17, 15) is 13.2 Å². The summed E-state index contributed by atoms with van der Waals surface area (Å²) in [6, 6.07) is 1.49. The monoisotopic (exact) mass is 276 g/mol. The Hall–Kier alpha value is -1.41. The minimum absolute atomic E-state index is 0.138. The number of carboxylic acid groups (broad SMARTS) is 1. The van der Waals surface area contributed by atoms with Crippen LogP contribution in [-0.4, -0.2) is 30.2 Å². The van der Waals surface area contributed by atoms with E-state index in [4.69, 9.17) is 9.63 Å². The van der Waals surface area contributed by atoms with Crippen molar-refractivity contribution >= 4 is 16.0 Å². The van der Waals surface area contributed by atoms with Gasteiger partial charge in [-0.25, -0.2) is 8.42 Å². The van der Waals surface area contributed by atoms with Crippen LogP contribution in [0.25, 0.3) is 0 Å². The van der Waals surface area contributed by atoms with Gasteiger partial charge in [-0.15, -0.1) is 0 Å². The molecule has 7 nitrogen and oxygen atoms in total. The molecule has 2 N–H and O–H groups in total. The van der Waals surface area contributed by atoms with Gasteiger partial charge in [-0.2, -0.15) is 4.72 Å². The molecule has 0 aromatic carbocycles. The molecule has 0 spiro atoms. The van der Waals surface area contributed by atoms with Gasteiger partial charge in [0.2, 0.25) is 10.0 Å². The first kappa shape index (κ1) is 14.7. The normalized spacial score (nSPS) is 15.3. The Labute approximate surface area is 105 Å². The Morgan fingerprint density at radius 2 is 2.22 bits per heavy atom. The first-order chi connectivity index (χ1) is 8.18. The number of aromatic nitrogens is 1. The molecule has 1 heterocycles. The molecule has 0 bridgehead atoms. The van der Waals surface area contributed by atoms with Crippen LogP contribution in [0.1, 0.15) is 31.7 Å². The van der Waals surface area contributed by atoms with Crippen molar-refractivity contribution in [1.82, 2.24) is 9.88 Å². The van der Waals surface area contributed by atoms with E-state index < -0.39 is 27.3 Å². The van der Waals surface area contributed by atoms with Crippen LogP contribution in [0.5, 0.6) is 0 Å². The highest BCUT2D eigenvalue weighted by molar-refractivity contribution is 7.88. The van der Waals surface area contributed by atoms with Crippen LogP contribution in [0.15, 0.2) is 10.6 Å². The van der Waals surface area contributed by atoms with Crippen LogP contribution >= 0.6 is 0 Å². The van der Waals surface area contributed by atoms with Gasteiger partial charge in [-0.1, -0.05) is 12.1 Å². The Bertz CT molecular complexity index is 536. The third kappa shape index (κ3) is 3.54. The molecule has 18 heavy (non-hydrogen) atoms. The van der Waals surface area contributed by atoms with Gasteiger partial charge in [0, 0.05) is 6.07 Å². The molecule has 0 saturated carbocycles. The van der Waals surface area contributed by atoms with E-state index in [-0.39, 0.29) is 12.1 Å². The lowest BCUT2D eigenvalue weighted by molar-refractivity contribution is -0.143. The predicted octanol–water partition coefficient (Wildman–Crippen LogP) is 0.656. The van der Waals surface area contributed by atoms with Crippen molar-refractivity contribution in [3.05, 3.63) is 17.5 Å².